The molecule has 4 rings (SSSR count). The number of carbonyl (C=O) groups excluding carboxylic acids is 2. The number of carbonyl (C=O) groups is 2. The van der Waals surface area contributed by atoms with Crippen molar-refractivity contribution in [2.24, 2.45) is 0 Å². The van der Waals surface area contributed by atoms with Gasteiger partial charge in [0, 0.05) is 28.3 Å². The molecule has 0 spiro atoms. The van der Waals surface area contributed by atoms with Crippen LogP contribution in [0.3, 0.4) is 0 Å². The molecule has 0 aliphatic heterocycles. The fourth-order valence-electron chi connectivity index (χ4n) is 3.53. The van der Waals surface area contributed by atoms with Crippen LogP contribution in [0.1, 0.15) is 20.7 Å². The molecule has 5 N–H and O–H groups in total. The van der Waals surface area contributed by atoms with Crippen molar-refractivity contribution in [3.05, 3.63) is 90.0 Å². The van der Waals surface area contributed by atoms with Gasteiger partial charge in [-0.3, -0.25) is 18.7 Å². The van der Waals surface area contributed by atoms with E-state index in [0.29, 0.717) is 11.3 Å². The summed E-state index contributed by atoms with van der Waals surface area (Å²) in [4.78, 5) is 23.8. The normalized spacial score (nSPS) is 11.4. The zero-order valence-electron chi connectivity index (χ0n) is 19.6. The van der Waals surface area contributed by atoms with Gasteiger partial charge in [-0.25, -0.2) is 0 Å². The van der Waals surface area contributed by atoms with E-state index in [4.69, 9.17) is 0 Å². The summed E-state index contributed by atoms with van der Waals surface area (Å²) in [6.45, 7) is 0. The van der Waals surface area contributed by atoms with E-state index < -0.39 is 41.7 Å². The number of nitrogens with one attached hydrogen (secondary N) is 2. The van der Waals surface area contributed by atoms with Crippen LogP contribution in [0.4, 0.5) is 11.4 Å². The molecule has 38 heavy (non-hydrogen) atoms. The maximum Gasteiger partial charge on any atom is 1.00 e. The monoisotopic (exact) mass is 565 g/mol. The van der Waals surface area contributed by atoms with Crippen molar-refractivity contribution < 1.29 is 70.2 Å². The van der Waals surface area contributed by atoms with Crippen LogP contribution >= 0.6 is 0 Å². The molecule has 0 radical (unpaired) electrons. The van der Waals surface area contributed by atoms with Gasteiger partial charge in [-0.15, -0.1) is 0 Å². The Morgan fingerprint density at radius 3 is 1.71 bits per heavy atom. The van der Waals surface area contributed by atoms with Crippen LogP contribution < -0.4 is 40.2 Å². The van der Waals surface area contributed by atoms with E-state index >= 15 is 0 Å². The van der Waals surface area contributed by atoms with Gasteiger partial charge in [0.25, 0.3) is 32.1 Å². The number of hydrogen-bond donors (Lipinski definition) is 5. The van der Waals surface area contributed by atoms with Crippen molar-refractivity contribution in [3.63, 3.8) is 0 Å². The molecule has 0 aliphatic carbocycles. The van der Waals surface area contributed by atoms with Gasteiger partial charge >= 0.3 is 29.6 Å². The Kier molecular flexibility index (Phi) is 8.63. The molecule has 0 atom stereocenters. The number of rotatable bonds is 6. The van der Waals surface area contributed by atoms with E-state index in [-0.39, 0.29) is 57.5 Å². The van der Waals surface area contributed by atoms with Crippen molar-refractivity contribution in [1.29, 1.82) is 0 Å². The predicted octanol–water partition coefficient (Wildman–Crippen LogP) is 0.547. The molecule has 0 saturated carbocycles. The van der Waals surface area contributed by atoms with Crippen molar-refractivity contribution in [2.75, 3.05) is 10.6 Å². The van der Waals surface area contributed by atoms with E-state index in [0.717, 1.165) is 24.3 Å². The minimum atomic E-state index is -4.80. The Hall–Kier alpha value is -3.30. The van der Waals surface area contributed by atoms with Crippen molar-refractivity contribution in [2.45, 2.75) is 9.79 Å². The van der Waals surface area contributed by atoms with Gasteiger partial charge in [0.05, 0.1) is 15.5 Å². The van der Waals surface area contributed by atoms with Crippen LogP contribution in [0, 0.1) is 0 Å². The number of anilines is 2. The third-order valence-corrected chi connectivity index (χ3v) is 6.92. The first-order valence-electron chi connectivity index (χ1n) is 10.4. The minimum Gasteiger partial charge on any atom is -0.507 e. The number of phenolic OH excluding ortho intramolecular Hbond substituents is 1. The number of amides is 2. The van der Waals surface area contributed by atoms with Crippen LogP contribution in [0.15, 0.2) is 88.7 Å². The fourth-order valence-corrected chi connectivity index (χ4v) is 4.61. The molecule has 0 bridgehead atoms. The van der Waals surface area contributed by atoms with Crippen LogP contribution in [0.25, 0.3) is 10.8 Å². The second kappa shape index (κ2) is 11.2. The van der Waals surface area contributed by atoms with Gasteiger partial charge < -0.3 is 15.7 Å². The van der Waals surface area contributed by atoms with Crippen molar-refractivity contribution in [3.8, 4) is 5.75 Å². The van der Waals surface area contributed by atoms with Crippen molar-refractivity contribution in [1.82, 2.24) is 0 Å². The zero-order valence-corrected chi connectivity index (χ0v) is 23.2. The fraction of sp³-hybridized carbons (Fsp3) is 0. The number of aromatic hydroxyl groups is 1. The number of hydrogen-bond acceptors (Lipinski definition) is 7. The topological polar surface area (TPSA) is 187 Å². The molecule has 4 aromatic rings. The number of fused-ring (bicyclic) bond motifs is 1. The second-order valence-corrected chi connectivity index (χ2v) is 10.7. The second-order valence-electron chi connectivity index (χ2n) is 7.81. The molecule has 0 heterocycles. The van der Waals surface area contributed by atoms with Gasteiger partial charge in [-0.1, -0.05) is 18.2 Å². The first-order chi connectivity index (χ1) is 17.3. The molecule has 0 fully saturated rings. The van der Waals surface area contributed by atoms with E-state index in [1.807, 2.05) is 0 Å². The predicted molar refractivity (Wildman–Crippen MR) is 134 cm³/mol. The third-order valence-electron chi connectivity index (χ3n) is 5.26. The number of phenols is 1. The standard InChI is InChI=1S/C24H18N2O9S2.Na/c27-21-13-19(37(33,34)35)11-16-10-18(36(30,31)32)12-20(22(16)21)26-24(29)15-6-8-17(9-7-15)25-23(28)14-4-2-1-3-5-14;/h1-13,27H,(H,25,28)(H,26,29)(H,30,31,32)(H,33,34,35);/q;+1. The van der Waals surface area contributed by atoms with Crippen LogP contribution in [0.5, 0.6) is 5.75 Å². The Labute approximate surface area is 239 Å². The smallest absolute Gasteiger partial charge is 0.507 e. The molecule has 0 aliphatic rings. The maximum absolute atomic E-state index is 12.9. The minimum absolute atomic E-state index is 0. The van der Waals surface area contributed by atoms with Gasteiger partial charge in [0.2, 0.25) is 0 Å². The van der Waals surface area contributed by atoms with E-state index in [1.165, 1.54) is 24.3 Å². The first kappa shape index (κ1) is 29.3. The largest absolute Gasteiger partial charge is 1.00 e. The SMILES string of the molecule is O=C(Nc1ccc(C(=O)Nc2cc(S(=O)(=O)O)cc3cc(S(=O)(=O)O)cc(O)c23)cc1)c1ccccc1.[Na+]. The Balaban J connectivity index is 0.00000400. The molecule has 14 heteroatoms. The van der Waals surface area contributed by atoms with E-state index in [9.17, 15) is 40.6 Å². The van der Waals surface area contributed by atoms with Crippen LogP contribution in [-0.4, -0.2) is 42.9 Å². The van der Waals surface area contributed by atoms with Crippen LogP contribution in [-0.2, 0) is 20.2 Å². The first-order valence-corrected chi connectivity index (χ1v) is 13.2. The van der Waals surface area contributed by atoms with E-state index in [2.05, 4.69) is 10.6 Å². The maximum atomic E-state index is 12.9. The molecule has 4 aromatic carbocycles. The summed E-state index contributed by atoms with van der Waals surface area (Å²) in [5.74, 6) is -1.78. The average Bonchev–Trinajstić information content (AvgIpc) is 2.83. The summed E-state index contributed by atoms with van der Waals surface area (Å²) in [5.41, 5.74) is 0.680. The molecule has 190 valence electrons. The average molecular weight is 566 g/mol. The molecular formula is C24H18N2NaO9S2+. The summed E-state index contributed by atoms with van der Waals surface area (Å²) in [5, 5.41) is 15.2. The zero-order chi connectivity index (χ0) is 27.0. The third kappa shape index (κ3) is 6.57. The van der Waals surface area contributed by atoms with Gasteiger partial charge in [-0.05, 0) is 60.0 Å². The Bertz CT molecular complexity index is 1750. The summed E-state index contributed by atoms with van der Waals surface area (Å²) in [7, 11) is -9.57. The Morgan fingerprint density at radius 1 is 0.658 bits per heavy atom. The quantitative estimate of drug-likeness (QED) is 0.164. The Morgan fingerprint density at radius 2 is 1.16 bits per heavy atom. The summed E-state index contributed by atoms with van der Waals surface area (Å²) in [6.07, 6.45) is 0. The molecule has 11 nitrogen and oxygen atoms in total. The molecular weight excluding hydrogens is 547 g/mol. The van der Waals surface area contributed by atoms with E-state index in [1.54, 1.807) is 30.3 Å². The summed E-state index contributed by atoms with van der Waals surface area (Å²) in [6, 6.07) is 17.5. The number of benzene rings is 4. The molecule has 0 aromatic heterocycles. The van der Waals surface area contributed by atoms with Gasteiger partial charge in [0.1, 0.15) is 5.75 Å². The van der Waals surface area contributed by atoms with Crippen LogP contribution in [0.2, 0.25) is 0 Å². The molecule has 0 saturated heterocycles. The van der Waals surface area contributed by atoms with Gasteiger partial charge in [0.15, 0.2) is 0 Å². The summed E-state index contributed by atoms with van der Waals surface area (Å²) >= 11 is 0. The summed E-state index contributed by atoms with van der Waals surface area (Å²) < 4.78 is 65.4. The molecule has 2 amide bonds. The molecule has 0 unspecified atom stereocenters. The van der Waals surface area contributed by atoms with Crippen molar-refractivity contribution >= 4 is 54.2 Å². The van der Waals surface area contributed by atoms with Gasteiger partial charge in [-0.2, -0.15) is 16.8 Å².